The summed E-state index contributed by atoms with van der Waals surface area (Å²) in [7, 11) is 4.60. The van der Waals surface area contributed by atoms with E-state index < -0.39 is 6.10 Å². The van der Waals surface area contributed by atoms with Crippen molar-refractivity contribution in [3.63, 3.8) is 0 Å². The van der Waals surface area contributed by atoms with Gasteiger partial charge in [-0.3, -0.25) is 5.41 Å². The van der Waals surface area contributed by atoms with Gasteiger partial charge in [0.1, 0.15) is 11.6 Å². The van der Waals surface area contributed by atoms with Crippen LogP contribution in [0.4, 0.5) is 0 Å². The SMILES string of the molecule is CCC(Oc1cc(OC)c(OC)c(OC)c1)C(=N)N. The molecule has 0 fully saturated rings. The van der Waals surface area contributed by atoms with Crippen LogP contribution in [0, 0.1) is 5.41 Å². The summed E-state index contributed by atoms with van der Waals surface area (Å²) in [6, 6.07) is 3.35. The van der Waals surface area contributed by atoms with Crippen molar-refractivity contribution in [2.45, 2.75) is 19.4 Å². The van der Waals surface area contributed by atoms with Gasteiger partial charge in [0, 0.05) is 12.1 Å². The fourth-order valence-corrected chi connectivity index (χ4v) is 1.66. The highest BCUT2D eigenvalue weighted by Crippen LogP contribution is 2.41. The van der Waals surface area contributed by atoms with Crippen LogP contribution in [0.15, 0.2) is 12.1 Å². The van der Waals surface area contributed by atoms with E-state index in [9.17, 15) is 0 Å². The van der Waals surface area contributed by atoms with Crippen LogP contribution in [0.25, 0.3) is 0 Å². The lowest BCUT2D eigenvalue weighted by Crippen LogP contribution is -2.32. The van der Waals surface area contributed by atoms with Gasteiger partial charge in [0.05, 0.1) is 21.3 Å². The highest BCUT2D eigenvalue weighted by Gasteiger charge is 2.17. The van der Waals surface area contributed by atoms with Gasteiger partial charge in [-0.1, -0.05) is 6.92 Å². The van der Waals surface area contributed by atoms with Crippen molar-refractivity contribution < 1.29 is 18.9 Å². The highest BCUT2D eigenvalue weighted by atomic mass is 16.5. The van der Waals surface area contributed by atoms with Gasteiger partial charge < -0.3 is 24.7 Å². The Morgan fingerprint density at radius 3 is 2.00 bits per heavy atom. The predicted molar refractivity (Wildman–Crippen MR) is 72.7 cm³/mol. The molecule has 0 bridgehead atoms. The Kier molecular flexibility index (Phi) is 5.29. The Morgan fingerprint density at radius 2 is 1.68 bits per heavy atom. The summed E-state index contributed by atoms with van der Waals surface area (Å²) in [5.41, 5.74) is 5.46. The molecule has 0 aliphatic heterocycles. The number of benzene rings is 1. The van der Waals surface area contributed by atoms with E-state index in [1.165, 1.54) is 21.3 Å². The molecule has 1 unspecified atom stereocenters. The van der Waals surface area contributed by atoms with Crippen molar-refractivity contribution in [1.29, 1.82) is 5.41 Å². The second-order valence-electron chi connectivity index (χ2n) is 3.83. The van der Waals surface area contributed by atoms with Gasteiger partial charge >= 0.3 is 0 Å². The smallest absolute Gasteiger partial charge is 0.203 e. The zero-order valence-electron chi connectivity index (χ0n) is 11.6. The zero-order valence-corrected chi connectivity index (χ0v) is 11.6. The Balaban J connectivity index is 3.12. The van der Waals surface area contributed by atoms with Crippen molar-refractivity contribution in [1.82, 2.24) is 0 Å². The molecule has 0 radical (unpaired) electrons. The topological polar surface area (TPSA) is 86.8 Å². The largest absolute Gasteiger partial charge is 0.493 e. The molecule has 0 spiro atoms. The molecule has 6 nitrogen and oxygen atoms in total. The van der Waals surface area contributed by atoms with Crippen molar-refractivity contribution in [3.05, 3.63) is 12.1 Å². The van der Waals surface area contributed by atoms with Crippen molar-refractivity contribution >= 4 is 5.84 Å². The van der Waals surface area contributed by atoms with E-state index in [4.69, 9.17) is 30.1 Å². The fourth-order valence-electron chi connectivity index (χ4n) is 1.66. The summed E-state index contributed by atoms with van der Waals surface area (Å²) < 4.78 is 21.3. The van der Waals surface area contributed by atoms with Gasteiger partial charge in [0.2, 0.25) is 5.75 Å². The summed E-state index contributed by atoms with van der Waals surface area (Å²) in [5.74, 6) is 1.98. The zero-order chi connectivity index (χ0) is 14.4. The molecule has 19 heavy (non-hydrogen) atoms. The van der Waals surface area contributed by atoms with Gasteiger partial charge in [-0.2, -0.15) is 0 Å². The molecule has 0 aliphatic carbocycles. The minimum atomic E-state index is -0.470. The van der Waals surface area contributed by atoms with E-state index in [0.717, 1.165) is 0 Å². The first kappa shape index (κ1) is 14.9. The van der Waals surface area contributed by atoms with E-state index in [0.29, 0.717) is 29.4 Å². The highest BCUT2D eigenvalue weighted by molar-refractivity contribution is 5.82. The maximum absolute atomic E-state index is 7.44. The summed E-state index contributed by atoms with van der Waals surface area (Å²) in [4.78, 5) is 0. The van der Waals surface area contributed by atoms with Crippen molar-refractivity contribution in [3.8, 4) is 23.0 Å². The number of amidine groups is 1. The molecule has 0 aliphatic rings. The molecule has 106 valence electrons. The molecule has 0 heterocycles. The minimum absolute atomic E-state index is 0.0174. The number of hydrogen-bond donors (Lipinski definition) is 2. The number of nitrogens with one attached hydrogen (secondary N) is 1. The monoisotopic (exact) mass is 268 g/mol. The van der Waals surface area contributed by atoms with E-state index in [2.05, 4.69) is 0 Å². The summed E-state index contributed by atoms with van der Waals surface area (Å²) in [6.45, 7) is 1.89. The molecule has 3 N–H and O–H groups in total. The molecular formula is C13H20N2O4. The molecule has 6 heteroatoms. The number of methoxy groups -OCH3 is 3. The summed E-state index contributed by atoms with van der Waals surface area (Å²) >= 11 is 0. The van der Waals surface area contributed by atoms with Gasteiger partial charge in [-0.05, 0) is 6.42 Å². The van der Waals surface area contributed by atoms with Gasteiger partial charge in [-0.25, -0.2) is 0 Å². The molecule has 0 amide bonds. The number of rotatable bonds is 7. The first-order valence-electron chi connectivity index (χ1n) is 5.87. The fraction of sp³-hybridized carbons (Fsp3) is 0.462. The standard InChI is InChI=1S/C13H20N2O4/c1-5-9(13(14)15)19-8-6-10(16-2)12(18-4)11(7-8)17-3/h6-7,9H,5H2,1-4H3,(H3,14,15). The second kappa shape index (κ2) is 6.72. The molecule has 0 saturated carbocycles. The van der Waals surface area contributed by atoms with Crippen LogP contribution < -0.4 is 24.7 Å². The normalized spacial score (nSPS) is 11.6. The molecule has 1 atom stereocenters. The van der Waals surface area contributed by atoms with Crippen molar-refractivity contribution in [2.24, 2.45) is 5.73 Å². The molecule has 1 aromatic rings. The third kappa shape index (κ3) is 3.43. The predicted octanol–water partition coefficient (Wildman–Crippen LogP) is 1.81. The van der Waals surface area contributed by atoms with Gasteiger partial charge in [0.25, 0.3) is 0 Å². The van der Waals surface area contributed by atoms with Gasteiger partial charge in [-0.15, -0.1) is 0 Å². The lowest BCUT2D eigenvalue weighted by atomic mass is 10.2. The van der Waals surface area contributed by atoms with Crippen LogP contribution in [0.5, 0.6) is 23.0 Å². The molecular weight excluding hydrogens is 248 g/mol. The van der Waals surface area contributed by atoms with Crippen LogP contribution in [0.3, 0.4) is 0 Å². The lowest BCUT2D eigenvalue weighted by molar-refractivity contribution is 0.254. The Morgan fingerprint density at radius 1 is 1.16 bits per heavy atom. The Labute approximate surface area is 112 Å². The Bertz CT molecular complexity index is 423. The average molecular weight is 268 g/mol. The summed E-state index contributed by atoms with van der Waals surface area (Å²) in [6.07, 6.45) is 0.134. The van der Waals surface area contributed by atoms with E-state index >= 15 is 0 Å². The maximum atomic E-state index is 7.44. The number of nitrogens with two attached hydrogens (primary N) is 1. The second-order valence-corrected chi connectivity index (χ2v) is 3.83. The van der Waals surface area contributed by atoms with Crippen molar-refractivity contribution in [2.75, 3.05) is 21.3 Å². The van der Waals surface area contributed by atoms with E-state index in [1.807, 2.05) is 6.92 Å². The third-order valence-electron chi connectivity index (χ3n) is 2.63. The molecule has 0 aromatic heterocycles. The first-order chi connectivity index (χ1) is 9.07. The van der Waals surface area contributed by atoms with Crippen LogP contribution in [-0.2, 0) is 0 Å². The minimum Gasteiger partial charge on any atom is -0.493 e. The quantitative estimate of drug-likeness (QED) is 0.581. The first-order valence-corrected chi connectivity index (χ1v) is 5.87. The van der Waals surface area contributed by atoms with Crippen LogP contribution >= 0.6 is 0 Å². The number of hydrogen-bond acceptors (Lipinski definition) is 5. The Hall–Kier alpha value is -2.11. The molecule has 1 aromatic carbocycles. The molecule has 0 saturated heterocycles. The number of ether oxygens (including phenoxy) is 4. The van der Waals surface area contributed by atoms with E-state index in [-0.39, 0.29) is 5.84 Å². The van der Waals surface area contributed by atoms with Gasteiger partial charge in [0.15, 0.2) is 17.6 Å². The van der Waals surface area contributed by atoms with Crippen LogP contribution in [-0.4, -0.2) is 33.3 Å². The van der Waals surface area contributed by atoms with E-state index in [1.54, 1.807) is 12.1 Å². The molecule has 1 rings (SSSR count). The summed E-state index contributed by atoms with van der Waals surface area (Å²) in [5, 5.41) is 7.44. The third-order valence-corrected chi connectivity index (χ3v) is 2.63. The average Bonchev–Trinajstić information content (AvgIpc) is 2.42. The van der Waals surface area contributed by atoms with Crippen LogP contribution in [0.2, 0.25) is 0 Å². The van der Waals surface area contributed by atoms with Crippen LogP contribution in [0.1, 0.15) is 13.3 Å². The maximum Gasteiger partial charge on any atom is 0.203 e. The lowest BCUT2D eigenvalue weighted by Gasteiger charge is -2.18.